The van der Waals surface area contributed by atoms with Gasteiger partial charge in [-0.05, 0) is 36.8 Å². The largest absolute Gasteiger partial charge is 0.445 e. The molecule has 16 heteroatoms. The molecule has 0 N–H and O–H groups in total. The predicted octanol–water partition coefficient (Wildman–Crippen LogP) is 9.53. The van der Waals surface area contributed by atoms with Crippen LogP contribution in [0.15, 0.2) is 60.7 Å². The van der Waals surface area contributed by atoms with Crippen molar-refractivity contribution in [1.82, 2.24) is 19.6 Å². The first kappa shape index (κ1) is 51.5. The van der Waals surface area contributed by atoms with E-state index in [0.29, 0.717) is 91.9 Å². The molecule has 0 aromatic heterocycles. The third-order valence-electron chi connectivity index (χ3n) is 10.2. The van der Waals surface area contributed by atoms with Crippen LogP contribution in [-0.4, -0.2) is 136 Å². The van der Waals surface area contributed by atoms with Gasteiger partial charge in [0.05, 0.1) is 38.8 Å². The highest BCUT2D eigenvalue weighted by Crippen LogP contribution is 2.49. The molecule has 0 bridgehead atoms. The number of carbonyl (C=O) groups is 2. The van der Waals surface area contributed by atoms with Crippen LogP contribution in [0.25, 0.3) is 0 Å². The van der Waals surface area contributed by atoms with Crippen molar-refractivity contribution >= 4 is 27.4 Å². The number of benzene rings is 2. The second-order valence-corrected chi connectivity index (χ2v) is 19.5. The molecule has 1 fully saturated rings. The zero-order chi connectivity index (χ0) is 43.3. The number of carbonyl (C=O) groups excluding carboxylic acids is 2. The van der Waals surface area contributed by atoms with Crippen LogP contribution >= 0.6 is 15.2 Å². The van der Waals surface area contributed by atoms with Gasteiger partial charge >= 0.3 is 27.4 Å². The number of hydrogen-bond donors (Lipinski definition) is 0. The molecular formula is C44H74N4O10P2. The summed E-state index contributed by atoms with van der Waals surface area (Å²) in [6.45, 7) is 13.6. The van der Waals surface area contributed by atoms with E-state index in [9.17, 15) is 18.7 Å². The number of amides is 2. The van der Waals surface area contributed by atoms with Crippen molar-refractivity contribution in [2.24, 2.45) is 0 Å². The first-order chi connectivity index (χ1) is 29.1. The molecule has 2 amide bonds. The fourth-order valence-electron chi connectivity index (χ4n) is 6.18. The van der Waals surface area contributed by atoms with Gasteiger partial charge in [-0.3, -0.25) is 18.9 Å². The van der Waals surface area contributed by atoms with Gasteiger partial charge in [0.2, 0.25) is 0 Å². The van der Waals surface area contributed by atoms with Crippen LogP contribution in [0.3, 0.4) is 0 Å². The van der Waals surface area contributed by atoms with Crippen LogP contribution in [0.2, 0.25) is 0 Å². The first-order valence-corrected chi connectivity index (χ1v) is 25.7. The van der Waals surface area contributed by atoms with Crippen LogP contribution < -0.4 is 0 Å². The van der Waals surface area contributed by atoms with Crippen molar-refractivity contribution in [3.8, 4) is 0 Å². The first-order valence-electron chi connectivity index (χ1n) is 22.2. The minimum Gasteiger partial charge on any atom is -0.445 e. The van der Waals surface area contributed by atoms with E-state index in [1.54, 1.807) is 9.80 Å². The molecule has 0 aliphatic carbocycles. The smallest absolute Gasteiger partial charge is 0.410 e. The molecule has 0 unspecified atom stereocenters. The van der Waals surface area contributed by atoms with E-state index in [1.807, 2.05) is 60.7 Å². The molecule has 60 heavy (non-hydrogen) atoms. The fraction of sp³-hybridized carbons (Fsp3) is 0.682. The molecule has 2 aromatic carbocycles. The summed E-state index contributed by atoms with van der Waals surface area (Å²) in [6, 6.07) is 19.1. The highest BCUT2D eigenvalue weighted by Gasteiger charge is 2.29. The van der Waals surface area contributed by atoms with Gasteiger partial charge in [-0.1, -0.05) is 114 Å². The Labute approximate surface area is 360 Å². The van der Waals surface area contributed by atoms with Gasteiger partial charge in [0, 0.05) is 65.4 Å². The summed E-state index contributed by atoms with van der Waals surface area (Å²) in [6.07, 6.45) is 6.17. The second kappa shape index (κ2) is 30.3. The predicted molar refractivity (Wildman–Crippen MR) is 238 cm³/mol. The molecule has 3 rings (SSSR count). The van der Waals surface area contributed by atoms with Crippen molar-refractivity contribution in [3.05, 3.63) is 71.8 Å². The average molecular weight is 881 g/mol. The molecule has 1 heterocycles. The van der Waals surface area contributed by atoms with E-state index in [-0.39, 0.29) is 25.5 Å². The molecule has 0 radical (unpaired) electrons. The Balaban J connectivity index is 1.87. The fourth-order valence-corrected chi connectivity index (χ4v) is 9.53. The van der Waals surface area contributed by atoms with E-state index in [4.69, 9.17) is 27.6 Å². The van der Waals surface area contributed by atoms with Crippen molar-refractivity contribution < 1.29 is 46.3 Å². The standard InChI is InChI=1S/C44H74N4O10P2/c1-5-9-33-55-59(51,56-34-10-6-2)37-31-45-23-27-47(43(49)53-39-41-19-15-13-16-20-41)29-25-46(32-38-60(52,57-35-11-7-3)58-36-12-8-4)26-30-48(28-24-45)44(50)54-40-42-21-17-14-18-22-42/h13-22H,5-12,23-40H2,1-4H3. The summed E-state index contributed by atoms with van der Waals surface area (Å²) >= 11 is 0. The van der Waals surface area contributed by atoms with Crippen LogP contribution in [0.1, 0.15) is 90.2 Å². The molecule has 1 saturated heterocycles. The molecule has 0 atom stereocenters. The zero-order valence-electron chi connectivity index (χ0n) is 36.9. The number of nitrogens with zero attached hydrogens (tertiary/aromatic N) is 4. The lowest BCUT2D eigenvalue weighted by molar-refractivity contribution is 0.0728. The number of ether oxygens (including phenoxy) is 2. The normalized spacial score (nSPS) is 15.3. The van der Waals surface area contributed by atoms with E-state index in [0.717, 1.165) is 62.5 Å². The molecule has 0 saturated carbocycles. The summed E-state index contributed by atoms with van der Waals surface area (Å²) in [5.74, 6) is 0. The van der Waals surface area contributed by atoms with Crippen molar-refractivity contribution in [3.63, 3.8) is 0 Å². The molecular weight excluding hydrogens is 806 g/mol. The molecule has 2 aromatic rings. The maximum atomic E-state index is 14.0. The van der Waals surface area contributed by atoms with Crippen LogP contribution in [-0.2, 0) is 49.9 Å². The van der Waals surface area contributed by atoms with E-state index in [1.165, 1.54) is 0 Å². The van der Waals surface area contributed by atoms with Crippen LogP contribution in [0.4, 0.5) is 9.59 Å². The van der Waals surface area contributed by atoms with E-state index < -0.39 is 27.4 Å². The lowest BCUT2D eigenvalue weighted by Crippen LogP contribution is -2.49. The SMILES string of the molecule is CCCCOP(=O)(CCN1CCN(C(=O)OCc2ccccc2)CCN(CCP(=O)(OCCCC)OCCCC)CCN(C(=O)OCc2ccccc2)CC1)OCCCC. The zero-order valence-corrected chi connectivity index (χ0v) is 38.7. The van der Waals surface area contributed by atoms with Gasteiger partial charge in [0.1, 0.15) is 13.2 Å². The Morgan fingerprint density at radius 2 is 0.783 bits per heavy atom. The maximum absolute atomic E-state index is 14.0. The quantitative estimate of drug-likeness (QED) is 0.0658. The Kier molecular flexibility index (Phi) is 26.0. The highest BCUT2D eigenvalue weighted by atomic mass is 31.2. The number of hydrogen-bond acceptors (Lipinski definition) is 12. The summed E-state index contributed by atoms with van der Waals surface area (Å²) in [7, 11) is -6.83. The average Bonchev–Trinajstić information content (AvgIpc) is 3.25. The lowest BCUT2D eigenvalue weighted by Gasteiger charge is -2.34. The van der Waals surface area contributed by atoms with E-state index >= 15 is 0 Å². The number of rotatable bonds is 26. The molecule has 340 valence electrons. The molecule has 1 aliphatic heterocycles. The Morgan fingerprint density at radius 1 is 0.483 bits per heavy atom. The maximum Gasteiger partial charge on any atom is 0.410 e. The van der Waals surface area contributed by atoms with Gasteiger partial charge in [0.15, 0.2) is 0 Å². The Hall–Kier alpha value is -2.80. The minimum absolute atomic E-state index is 0.129. The topological polar surface area (TPSA) is 137 Å². The third kappa shape index (κ3) is 21.3. The monoisotopic (exact) mass is 880 g/mol. The van der Waals surface area contributed by atoms with Gasteiger partial charge in [-0.2, -0.15) is 0 Å². The van der Waals surface area contributed by atoms with Gasteiger partial charge in [-0.25, -0.2) is 9.59 Å². The second-order valence-electron chi connectivity index (χ2n) is 15.2. The van der Waals surface area contributed by atoms with Crippen LogP contribution in [0, 0.1) is 0 Å². The third-order valence-corrected chi connectivity index (χ3v) is 14.0. The highest BCUT2D eigenvalue weighted by molar-refractivity contribution is 7.54. The molecule has 0 spiro atoms. The van der Waals surface area contributed by atoms with Crippen molar-refractivity contribution in [2.45, 2.75) is 92.3 Å². The van der Waals surface area contributed by atoms with Gasteiger partial charge < -0.3 is 37.4 Å². The van der Waals surface area contributed by atoms with Gasteiger partial charge in [0.25, 0.3) is 0 Å². The van der Waals surface area contributed by atoms with Gasteiger partial charge in [-0.15, -0.1) is 0 Å². The van der Waals surface area contributed by atoms with Crippen molar-refractivity contribution in [2.75, 3.05) is 104 Å². The molecule has 14 nitrogen and oxygen atoms in total. The summed E-state index contributed by atoms with van der Waals surface area (Å²) in [5, 5.41) is 0. The molecule has 1 aliphatic rings. The van der Waals surface area contributed by atoms with Crippen LogP contribution in [0.5, 0.6) is 0 Å². The van der Waals surface area contributed by atoms with Crippen molar-refractivity contribution in [1.29, 1.82) is 0 Å². The lowest BCUT2D eigenvalue weighted by atomic mass is 10.2. The number of unbranched alkanes of at least 4 members (excludes halogenated alkanes) is 4. The Bertz CT molecular complexity index is 1390. The minimum atomic E-state index is -3.41. The summed E-state index contributed by atoms with van der Waals surface area (Å²) < 4.78 is 63.3. The summed E-state index contributed by atoms with van der Waals surface area (Å²) in [5.41, 5.74) is 1.76. The summed E-state index contributed by atoms with van der Waals surface area (Å²) in [4.78, 5) is 35.2. The Morgan fingerprint density at radius 3 is 1.07 bits per heavy atom. The van der Waals surface area contributed by atoms with E-state index in [2.05, 4.69) is 37.5 Å².